The van der Waals surface area contributed by atoms with Gasteiger partial charge in [0.05, 0.1) is 16.7 Å². The fourth-order valence-electron chi connectivity index (χ4n) is 1.78. The van der Waals surface area contributed by atoms with Crippen molar-refractivity contribution in [1.82, 2.24) is 0 Å². The molecule has 19 heavy (non-hydrogen) atoms. The van der Waals surface area contributed by atoms with Crippen molar-refractivity contribution in [2.24, 2.45) is 0 Å². The van der Waals surface area contributed by atoms with E-state index in [1.165, 1.54) is 24.3 Å². The molecular formula is C12H11NO5S. The van der Waals surface area contributed by atoms with Crippen LogP contribution in [0.3, 0.4) is 0 Å². The lowest BCUT2D eigenvalue weighted by Crippen LogP contribution is -2.31. The van der Waals surface area contributed by atoms with E-state index < -0.39 is 17.1 Å². The maximum absolute atomic E-state index is 12.0. The number of phenolic OH excluding ortho intramolecular Hbond substituents is 1. The molecule has 1 fully saturated rings. The third-order valence-corrected chi connectivity index (χ3v) is 3.81. The van der Waals surface area contributed by atoms with Gasteiger partial charge >= 0.3 is 5.97 Å². The highest BCUT2D eigenvalue weighted by Crippen LogP contribution is 2.30. The summed E-state index contributed by atoms with van der Waals surface area (Å²) in [6.07, 6.45) is -0.00232. The number of anilines is 1. The summed E-state index contributed by atoms with van der Waals surface area (Å²) in [6.45, 7) is 0. The SMILES string of the molecule is O=C(O)CSC1CC(=O)N(c2ccc(O)cc2)C1=O. The quantitative estimate of drug-likeness (QED) is 0.794. The van der Waals surface area contributed by atoms with Crippen LogP contribution in [-0.2, 0) is 14.4 Å². The highest BCUT2D eigenvalue weighted by atomic mass is 32.2. The van der Waals surface area contributed by atoms with Gasteiger partial charge in [-0.15, -0.1) is 11.8 Å². The van der Waals surface area contributed by atoms with Crippen molar-refractivity contribution in [3.63, 3.8) is 0 Å². The van der Waals surface area contributed by atoms with Crippen LogP contribution in [0.5, 0.6) is 5.75 Å². The number of phenols is 1. The minimum atomic E-state index is -1.02. The van der Waals surface area contributed by atoms with Crippen LogP contribution in [0.2, 0.25) is 0 Å². The summed E-state index contributed by atoms with van der Waals surface area (Å²) < 4.78 is 0. The largest absolute Gasteiger partial charge is 0.508 e. The van der Waals surface area contributed by atoms with Crippen LogP contribution in [-0.4, -0.2) is 39.0 Å². The molecule has 1 aliphatic rings. The minimum absolute atomic E-state index is 0.00232. The van der Waals surface area contributed by atoms with Gasteiger partial charge < -0.3 is 10.2 Å². The van der Waals surface area contributed by atoms with Gasteiger partial charge in [0.2, 0.25) is 11.8 Å². The van der Waals surface area contributed by atoms with Crippen molar-refractivity contribution in [2.75, 3.05) is 10.7 Å². The second kappa shape index (κ2) is 5.31. The molecule has 1 aromatic carbocycles. The van der Waals surface area contributed by atoms with Gasteiger partial charge in [0.25, 0.3) is 0 Å². The number of carboxylic acids is 1. The summed E-state index contributed by atoms with van der Waals surface area (Å²) in [5, 5.41) is 17.1. The number of thioether (sulfide) groups is 1. The van der Waals surface area contributed by atoms with Gasteiger partial charge in [0, 0.05) is 6.42 Å². The first-order valence-corrected chi connectivity index (χ1v) is 6.53. The molecule has 0 bridgehead atoms. The normalized spacial score (nSPS) is 18.9. The molecule has 1 atom stereocenters. The molecule has 1 saturated heterocycles. The van der Waals surface area contributed by atoms with E-state index in [0.717, 1.165) is 16.7 Å². The first kappa shape index (κ1) is 13.4. The fourth-order valence-corrected chi connectivity index (χ4v) is 2.63. The molecule has 0 aromatic heterocycles. The molecule has 0 aliphatic carbocycles. The Kier molecular flexibility index (Phi) is 3.75. The molecule has 2 amide bonds. The first-order chi connectivity index (χ1) is 8.99. The molecule has 2 N–H and O–H groups in total. The van der Waals surface area contributed by atoms with Gasteiger partial charge in [-0.25, -0.2) is 4.90 Å². The second-order valence-electron chi connectivity index (χ2n) is 3.98. The van der Waals surface area contributed by atoms with Crippen molar-refractivity contribution in [3.05, 3.63) is 24.3 Å². The number of hydrogen-bond donors (Lipinski definition) is 2. The summed E-state index contributed by atoms with van der Waals surface area (Å²) in [5.74, 6) is -1.97. The molecule has 100 valence electrons. The van der Waals surface area contributed by atoms with E-state index in [9.17, 15) is 19.5 Å². The van der Waals surface area contributed by atoms with E-state index in [1.807, 2.05) is 0 Å². The number of amides is 2. The van der Waals surface area contributed by atoms with Gasteiger partial charge in [-0.1, -0.05) is 0 Å². The smallest absolute Gasteiger partial charge is 0.313 e. The average molecular weight is 281 g/mol. The summed E-state index contributed by atoms with van der Waals surface area (Å²) >= 11 is 0.945. The van der Waals surface area contributed by atoms with Crippen LogP contribution in [0.25, 0.3) is 0 Å². The monoisotopic (exact) mass is 281 g/mol. The van der Waals surface area contributed by atoms with Crippen molar-refractivity contribution >= 4 is 35.2 Å². The zero-order valence-electron chi connectivity index (χ0n) is 9.78. The van der Waals surface area contributed by atoms with Crippen LogP contribution < -0.4 is 4.90 Å². The first-order valence-electron chi connectivity index (χ1n) is 5.48. The Morgan fingerprint density at radius 2 is 1.95 bits per heavy atom. The number of aliphatic carboxylic acids is 1. The molecule has 1 aliphatic heterocycles. The number of aromatic hydroxyl groups is 1. The lowest BCUT2D eigenvalue weighted by Gasteiger charge is -2.14. The number of nitrogens with zero attached hydrogens (tertiary/aromatic N) is 1. The van der Waals surface area contributed by atoms with Crippen LogP contribution in [0, 0.1) is 0 Å². The lowest BCUT2D eigenvalue weighted by atomic mass is 10.3. The van der Waals surface area contributed by atoms with Crippen LogP contribution in [0.4, 0.5) is 5.69 Å². The summed E-state index contributed by atoms with van der Waals surface area (Å²) in [6, 6.07) is 5.70. The lowest BCUT2D eigenvalue weighted by molar-refractivity contribution is -0.134. The number of carboxylic acid groups (broad SMARTS) is 1. The number of carbonyl (C=O) groups is 3. The van der Waals surface area contributed by atoms with Crippen molar-refractivity contribution in [2.45, 2.75) is 11.7 Å². The molecule has 1 unspecified atom stereocenters. The van der Waals surface area contributed by atoms with Crippen LogP contribution in [0.15, 0.2) is 24.3 Å². The molecule has 1 heterocycles. The highest BCUT2D eigenvalue weighted by Gasteiger charge is 2.39. The van der Waals surface area contributed by atoms with Gasteiger partial charge in [-0.3, -0.25) is 14.4 Å². The number of benzene rings is 1. The number of hydrogen-bond acceptors (Lipinski definition) is 5. The summed E-state index contributed by atoms with van der Waals surface area (Å²) in [4.78, 5) is 35.4. The third kappa shape index (κ3) is 2.87. The van der Waals surface area contributed by atoms with Gasteiger partial charge in [-0.2, -0.15) is 0 Å². The van der Waals surface area contributed by atoms with Gasteiger partial charge in [0.15, 0.2) is 0 Å². The van der Waals surface area contributed by atoms with E-state index in [1.54, 1.807) is 0 Å². The molecule has 0 spiro atoms. The van der Waals surface area contributed by atoms with Gasteiger partial charge in [0.1, 0.15) is 5.75 Å². The fraction of sp³-hybridized carbons (Fsp3) is 0.250. The van der Waals surface area contributed by atoms with Gasteiger partial charge in [-0.05, 0) is 24.3 Å². The minimum Gasteiger partial charge on any atom is -0.508 e. The Labute approximate surface area is 113 Å². The second-order valence-corrected chi connectivity index (χ2v) is 5.17. The predicted molar refractivity (Wildman–Crippen MR) is 69.1 cm³/mol. The zero-order valence-corrected chi connectivity index (χ0v) is 10.6. The Bertz CT molecular complexity index is 527. The molecule has 0 saturated carbocycles. The van der Waals surface area contributed by atoms with E-state index in [4.69, 9.17) is 5.11 Å². The number of rotatable bonds is 4. The van der Waals surface area contributed by atoms with Crippen LogP contribution >= 0.6 is 11.8 Å². The average Bonchev–Trinajstić information content (AvgIpc) is 2.63. The standard InChI is InChI=1S/C12H11NO5S/c14-8-3-1-7(2-4-8)13-10(15)5-9(12(13)18)19-6-11(16)17/h1-4,9,14H,5-6H2,(H,16,17). The van der Waals surface area contributed by atoms with Crippen LogP contribution in [0.1, 0.15) is 6.42 Å². The summed E-state index contributed by atoms with van der Waals surface area (Å²) in [5.41, 5.74) is 0.381. The predicted octanol–water partition coefficient (Wildman–Crippen LogP) is 0.842. The molecular weight excluding hydrogens is 270 g/mol. The Morgan fingerprint density at radius 3 is 2.53 bits per heavy atom. The molecule has 1 aromatic rings. The van der Waals surface area contributed by atoms with E-state index in [2.05, 4.69) is 0 Å². The van der Waals surface area contributed by atoms with Crippen molar-refractivity contribution < 1.29 is 24.6 Å². The van der Waals surface area contributed by atoms with E-state index in [-0.39, 0.29) is 23.8 Å². The van der Waals surface area contributed by atoms with E-state index >= 15 is 0 Å². The third-order valence-electron chi connectivity index (χ3n) is 2.62. The molecule has 2 rings (SSSR count). The van der Waals surface area contributed by atoms with Crippen molar-refractivity contribution in [1.29, 1.82) is 0 Å². The Hall–Kier alpha value is -2.02. The highest BCUT2D eigenvalue weighted by molar-refractivity contribution is 8.01. The maximum atomic E-state index is 12.0. The maximum Gasteiger partial charge on any atom is 0.313 e. The Balaban J connectivity index is 2.14. The number of imide groups is 1. The summed E-state index contributed by atoms with van der Waals surface area (Å²) in [7, 11) is 0. The van der Waals surface area contributed by atoms with Crippen molar-refractivity contribution in [3.8, 4) is 5.75 Å². The Morgan fingerprint density at radius 1 is 1.32 bits per heavy atom. The van der Waals surface area contributed by atoms with E-state index in [0.29, 0.717) is 5.69 Å². The topological polar surface area (TPSA) is 94.9 Å². The molecule has 7 heteroatoms. The number of carbonyl (C=O) groups excluding carboxylic acids is 2. The molecule has 6 nitrogen and oxygen atoms in total. The molecule has 0 radical (unpaired) electrons. The zero-order chi connectivity index (χ0) is 14.0.